The fraction of sp³-hybridized carbons (Fsp3) is 0.333. The van der Waals surface area contributed by atoms with Crippen LogP contribution in [0.15, 0.2) is 16.6 Å². The van der Waals surface area contributed by atoms with Gasteiger partial charge < -0.3 is 5.73 Å². The van der Waals surface area contributed by atoms with Gasteiger partial charge in [0, 0.05) is 10.0 Å². The Bertz CT molecular complexity index is 459. The van der Waals surface area contributed by atoms with Gasteiger partial charge in [0.1, 0.15) is 0 Å². The number of rotatable bonds is 1. The molecule has 1 rings (SSSR count). The average Bonchev–Trinajstić information content (AvgIpc) is 2.20. The second kappa shape index (κ2) is 4.69. The zero-order chi connectivity index (χ0) is 15.2. The first-order valence-electron chi connectivity index (χ1n) is 4.39. The van der Waals surface area contributed by atoms with Crippen molar-refractivity contribution < 1.29 is 30.7 Å². The topological polar surface area (TPSA) is 26.0 Å². The predicted molar refractivity (Wildman–Crippen MR) is 58.5 cm³/mol. The van der Waals surface area contributed by atoms with Crippen LogP contribution in [0.25, 0.3) is 0 Å². The van der Waals surface area contributed by atoms with Crippen LogP contribution < -0.4 is 5.73 Å². The van der Waals surface area contributed by atoms with Crippen molar-refractivity contribution in [2.24, 2.45) is 0 Å². The summed E-state index contributed by atoms with van der Waals surface area (Å²) in [6, 6.07) is 0.491. The lowest BCUT2D eigenvalue weighted by atomic mass is 9.94. The van der Waals surface area contributed by atoms with Crippen LogP contribution in [-0.2, 0) is 5.67 Å². The van der Waals surface area contributed by atoms with Crippen molar-refractivity contribution in [2.45, 2.75) is 18.0 Å². The maximum Gasteiger partial charge on any atom is 0.435 e. The summed E-state index contributed by atoms with van der Waals surface area (Å²) in [4.78, 5) is 0. The van der Waals surface area contributed by atoms with Crippen molar-refractivity contribution in [3.05, 3.63) is 27.2 Å². The van der Waals surface area contributed by atoms with Crippen LogP contribution in [0.1, 0.15) is 5.56 Å². The molecule has 0 fully saturated rings. The summed E-state index contributed by atoms with van der Waals surface area (Å²) >= 11 is 7.98. The van der Waals surface area contributed by atoms with E-state index in [2.05, 4.69) is 15.9 Å². The minimum Gasteiger partial charge on any atom is -0.397 e. The molecule has 1 aromatic rings. The molecule has 0 aliphatic heterocycles. The third-order valence-electron chi connectivity index (χ3n) is 2.26. The molecule has 0 aliphatic carbocycles. The van der Waals surface area contributed by atoms with Crippen molar-refractivity contribution in [3.63, 3.8) is 0 Å². The molecule has 10 heteroatoms. The molecule has 0 heterocycles. The van der Waals surface area contributed by atoms with Gasteiger partial charge in [0.05, 0.1) is 10.7 Å². The van der Waals surface area contributed by atoms with Gasteiger partial charge in [-0.1, -0.05) is 11.6 Å². The average molecular weight is 374 g/mol. The SMILES string of the molecule is Nc1c(Cl)cc(C(F)(C(F)(F)F)C(F)(F)F)cc1Br. The largest absolute Gasteiger partial charge is 0.435 e. The van der Waals surface area contributed by atoms with E-state index in [1.165, 1.54) is 0 Å². The van der Waals surface area contributed by atoms with Crippen molar-refractivity contribution in [1.82, 2.24) is 0 Å². The van der Waals surface area contributed by atoms with E-state index in [1.54, 1.807) is 0 Å². The zero-order valence-corrected chi connectivity index (χ0v) is 11.0. The van der Waals surface area contributed by atoms with Gasteiger partial charge in [-0.3, -0.25) is 0 Å². The molecule has 0 aromatic heterocycles. The molecular formula is C9H4BrClF7N. The molecule has 0 aliphatic rings. The van der Waals surface area contributed by atoms with Crippen LogP contribution in [0.4, 0.5) is 36.4 Å². The third-order valence-corrected chi connectivity index (χ3v) is 3.23. The van der Waals surface area contributed by atoms with E-state index in [4.69, 9.17) is 17.3 Å². The first-order valence-corrected chi connectivity index (χ1v) is 5.57. The summed E-state index contributed by atoms with van der Waals surface area (Å²) in [5.41, 5.74) is -2.27. The van der Waals surface area contributed by atoms with Gasteiger partial charge in [0.2, 0.25) is 0 Å². The molecule has 108 valence electrons. The molecule has 1 nitrogen and oxygen atoms in total. The Morgan fingerprint density at radius 3 is 1.68 bits per heavy atom. The van der Waals surface area contributed by atoms with E-state index in [1.807, 2.05) is 0 Å². The monoisotopic (exact) mass is 373 g/mol. The second-order valence-electron chi connectivity index (χ2n) is 3.51. The highest BCUT2D eigenvalue weighted by Gasteiger charge is 2.73. The zero-order valence-electron chi connectivity index (χ0n) is 8.63. The van der Waals surface area contributed by atoms with Crippen LogP contribution in [0.5, 0.6) is 0 Å². The standard InChI is InChI=1S/C9H4BrClF7N/c10-4-1-3(2-5(11)6(4)19)7(12,8(13,14)15)9(16,17)18/h1-2H,19H2. The van der Waals surface area contributed by atoms with Crippen molar-refractivity contribution in [1.29, 1.82) is 0 Å². The predicted octanol–water partition coefficient (Wildman–Crippen LogP) is 4.97. The van der Waals surface area contributed by atoms with Gasteiger partial charge in [-0.15, -0.1) is 0 Å². The highest BCUT2D eigenvalue weighted by atomic mass is 79.9. The molecule has 0 atom stereocenters. The number of anilines is 1. The number of nitrogens with two attached hydrogens (primary N) is 1. The minimum absolute atomic E-state index is 0.197. The fourth-order valence-corrected chi connectivity index (χ4v) is 2.06. The summed E-state index contributed by atoms with van der Waals surface area (Å²) in [5, 5.41) is -0.625. The second-order valence-corrected chi connectivity index (χ2v) is 4.77. The molecular weight excluding hydrogens is 370 g/mol. The Kier molecular flexibility index (Phi) is 4.04. The number of nitrogen functional groups attached to an aromatic ring is 1. The lowest BCUT2D eigenvalue weighted by molar-refractivity contribution is -0.348. The van der Waals surface area contributed by atoms with E-state index >= 15 is 0 Å². The van der Waals surface area contributed by atoms with E-state index in [-0.39, 0.29) is 16.2 Å². The van der Waals surface area contributed by atoms with Gasteiger partial charge in [-0.25, -0.2) is 4.39 Å². The van der Waals surface area contributed by atoms with Crippen LogP contribution in [0.3, 0.4) is 0 Å². The number of hydrogen-bond donors (Lipinski definition) is 1. The van der Waals surface area contributed by atoms with E-state index in [0.717, 1.165) is 0 Å². The van der Waals surface area contributed by atoms with Crippen LogP contribution >= 0.6 is 27.5 Å². The van der Waals surface area contributed by atoms with Gasteiger partial charge in [0.15, 0.2) is 0 Å². The highest BCUT2D eigenvalue weighted by Crippen LogP contribution is 2.54. The fourth-order valence-electron chi connectivity index (χ4n) is 1.27. The molecule has 0 spiro atoms. The van der Waals surface area contributed by atoms with Crippen LogP contribution in [0.2, 0.25) is 5.02 Å². The molecule has 0 saturated carbocycles. The number of alkyl halides is 7. The Balaban J connectivity index is 3.62. The quantitative estimate of drug-likeness (QED) is 0.545. The van der Waals surface area contributed by atoms with E-state index in [9.17, 15) is 30.7 Å². The van der Waals surface area contributed by atoms with Crippen molar-refractivity contribution >= 4 is 33.2 Å². The Morgan fingerprint density at radius 1 is 0.947 bits per heavy atom. The molecule has 19 heavy (non-hydrogen) atoms. The van der Waals surface area contributed by atoms with Gasteiger partial charge >= 0.3 is 18.0 Å². The molecule has 0 saturated heterocycles. The Hall–Kier alpha value is -0.700. The number of halogens is 9. The normalized spacial score (nSPS) is 13.7. The molecule has 0 unspecified atom stereocenters. The number of hydrogen-bond acceptors (Lipinski definition) is 1. The summed E-state index contributed by atoms with van der Waals surface area (Å²) < 4.78 is 88.1. The highest BCUT2D eigenvalue weighted by molar-refractivity contribution is 9.10. The third kappa shape index (κ3) is 2.62. The lowest BCUT2D eigenvalue weighted by Crippen LogP contribution is -2.50. The first-order chi connectivity index (χ1) is 8.32. The smallest absolute Gasteiger partial charge is 0.397 e. The molecule has 1 aromatic carbocycles. The van der Waals surface area contributed by atoms with Gasteiger partial charge in [0.25, 0.3) is 0 Å². The van der Waals surface area contributed by atoms with Crippen molar-refractivity contribution in [2.75, 3.05) is 5.73 Å². The van der Waals surface area contributed by atoms with E-state index < -0.39 is 28.6 Å². The summed E-state index contributed by atoms with van der Waals surface area (Å²) in [6.07, 6.45) is -12.4. The van der Waals surface area contributed by atoms with Crippen LogP contribution in [-0.4, -0.2) is 12.4 Å². The lowest BCUT2D eigenvalue weighted by Gasteiger charge is -2.30. The molecule has 2 N–H and O–H groups in total. The Labute approximate surface area is 115 Å². The van der Waals surface area contributed by atoms with Crippen LogP contribution in [0, 0.1) is 0 Å². The van der Waals surface area contributed by atoms with Gasteiger partial charge in [-0.05, 0) is 28.1 Å². The summed E-state index contributed by atoms with van der Waals surface area (Å²) in [6.45, 7) is 0. The van der Waals surface area contributed by atoms with Gasteiger partial charge in [-0.2, -0.15) is 26.3 Å². The summed E-state index contributed by atoms with van der Waals surface area (Å²) in [7, 11) is 0. The maximum absolute atomic E-state index is 13.7. The Morgan fingerprint density at radius 2 is 1.37 bits per heavy atom. The summed E-state index contributed by atoms with van der Waals surface area (Å²) in [5.74, 6) is 0. The first kappa shape index (κ1) is 16.4. The molecule has 0 radical (unpaired) electrons. The minimum atomic E-state index is -6.19. The maximum atomic E-state index is 13.7. The van der Waals surface area contributed by atoms with Crippen molar-refractivity contribution in [3.8, 4) is 0 Å². The number of benzene rings is 1. The molecule has 0 bridgehead atoms. The van der Waals surface area contributed by atoms with E-state index in [0.29, 0.717) is 6.07 Å². The molecule has 0 amide bonds.